The van der Waals surface area contributed by atoms with Crippen LogP contribution in [-0.2, 0) is 19.0 Å². The Labute approximate surface area is 105 Å². The van der Waals surface area contributed by atoms with E-state index in [1.165, 1.54) is 14.0 Å². The zero-order chi connectivity index (χ0) is 13.2. The first-order chi connectivity index (χ1) is 8.60. The fourth-order valence-electron chi connectivity index (χ4n) is 2.20. The third-order valence-corrected chi connectivity index (χ3v) is 3.02. The van der Waals surface area contributed by atoms with Crippen molar-refractivity contribution in [1.82, 2.24) is 0 Å². The quantitative estimate of drug-likeness (QED) is 0.452. The van der Waals surface area contributed by atoms with Crippen molar-refractivity contribution in [2.24, 2.45) is 4.99 Å². The molecular weight excluding hydrogens is 238 g/mol. The number of carbonyl (C=O) groups is 1. The first-order valence-corrected chi connectivity index (χ1v) is 5.92. The number of hydrogen-bond acceptors (Lipinski definition) is 6. The van der Waals surface area contributed by atoms with E-state index in [4.69, 9.17) is 9.47 Å². The van der Waals surface area contributed by atoms with E-state index in [1.807, 2.05) is 0 Å². The van der Waals surface area contributed by atoms with Gasteiger partial charge in [0.25, 0.3) is 0 Å². The molecule has 100 valence electrons. The third kappa shape index (κ3) is 2.13. The molecule has 0 aliphatic carbocycles. The van der Waals surface area contributed by atoms with Gasteiger partial charge >= 0.3 is 5.97 Å². The van der Waals surface area contributed by atoms with Crippen molar-refractivity contribution in [3.8, 4) is 0 Å². The van der Waals surface area contributed by atoms with Gasteiger partial charge in [-0.15, -0.1) is 0 Å². The smallest absolute Gasteiger partial charge is 0.343 e. The summed E-state index contributed by atoms with van der Waals surface area (Å²) in [4.78, 5) is 16.0. The topological polar surface area (TPSA) is 77.4 Å². The number of carbonyl (C=O) groups excluding carboxylic acids is 1. The van der Waals surface area contributed by atoms with Crippen LogP contribution in [0, 0.1) is 0 Å². The van der Waals surface area contributed by atoms with Crippen LogP contribution in [0.15, 0.2) is 16.3 Å². The van der Waals surface area contributed by atoms with Gasteiger partial charge in [0.2, 0.25) is 5.79 Å². The molecule has 0 atom stereocenters. The predicted octanol–water partition coefficient (Wildman–Crippen LogP) is 0.969. The summed E-state index contributed by atoms with van der Waals surface area (Å²) in [6.07, 6.45) is 1.36. The molecule has 2 rings (SSSR count). The lowest BCUT2D eigenvalue weighted by atomic mass is 10.00. The van der Waals surface area contributed by atoms with Gasteiger partial charge in [0.05, 0.1) is 20.3 Å². The third-order valence-electron chi connectivity index (χ3n) is 3.02. The summed E-state index contributed by atoms with van der Waals surface area (Å²) in [7, 11) is 1.26. The van der Waals surface area contributed by atoms with Crippen molar-refractivity contribution in [1.29, 1.82) is 0 Å². The number of rotatable bonds is 2. The molecule has 6 nitrogen and oxygen atoms in total. The monoisotopic (exact) mass is 255 g/mol. The first-order valence-electron chi connectivity index (χ1n) is 5.92. The molecule has 0 aromatic carbocycles. The molecule has 0 saturated carbocycles. The highest BCUT2D eigenvalue weighted by atomic mass is 16.7. The molecule has 2 aliphatic rings. The Balaban J connectivity index is 2.36. The summed E-state index contributed by atoms with van der Waals surface area (Å²) >= 11 is 0. The van der Waals surface area contributed by atoms with E-state index < -0.39 is 11.8 Å². The molecule has 6 heteroatoms. The molecule has 0 unspecified atom stereocenters. The van der Waals surface area contributed by atoms with Crippen LogP contribution in [0.3, 0.4) is 0 Å². The summed E-state index contributed by atoms with van der Waals surface area (Å²) in [5, 5.41) is 9.67. The van der Waals surface area contributed by atoms with E-state index in [9.17, 15) is 9.90 Å². The molecule has 1 fully saturated rings. The number of nitrogens with zero attached hydrogens (tertiary/aromatic N) is 1. The van der Waals surface area contributed by atoms with Crippen LogP contribution in [0.5, 0.6) is 0 Å². The van der Waals surface area contributed by atoms with Crippen molar-refractivity contribution in [3.05, 3.63) is 11.3 Å². The highest BCUT2D eigenvalue weighted by Gasteiger charge is 2.47. The standard InChI is InChI=1S/C12H17NO5/c1-8(14)9(11(15)16-2)10-12(4-5-13-10)17-6-3-7-18-12/h14H,3-7H2,1-2H3/b9-8+. The van der Waals surface area contributed by atoms with Crippen molar-refractivity contribution >= 4 is 11.7 Å². The molecule has 2 aliphatic heterocycles. The van der Waals surface area contributed by atoms with Crippen molar-refractivity contribution < 1.29 is 24.1 Å². The van der Waals surface area contributed by atoms with Gasteiger partial charge in [0.1, 0.15) is 17.0 Å². The Hall–Kier alpha value is -1.40. The minimum Gasteiger partial charge on any atom is -0.512 e. The van der Waals surface area contributed by atoms with Gasteiger partial charge in [-0.2, -0.15) is 0 Å². The number of aliphatic imine (C=N–C) groups is 1. The molecule has 0 aromatic heterocycles. The first kappa shape index (κ1) is 13.0. The van der Waals surface area contributed by atoms with Crippen LogP contribution in [-0.4, -0.2) is 49.4 Å². The maximum atomic E-state index is 11.7. The second kappa shape index (κ2) is 5.07. The van der Waals surface area contributed by atoms with Gasteiger partial charge < -0.3 is 19.3 Å². The van der Waals surface area contributed by atoms with Crippen LogP contribution < -0.4 is 0 Å². The Kier molecular flexibility index (Phi) is 3.68. The van der Waals surface area contributed by atoms with Gasteiger partial charge in [-0.3, -0.25) is 4.99 Å². The fraction of sp³-hybridized carbons (Fsp3) is 0.667. The molecule has 1 N–H and O–H groups in total. The second-order valence-electron chi connectivity index (χ2n) is 4.24. The lowest BCUT2D eigenvalue weighted by Gasteiger charge is -2.35. The zero-order valence-electron chi connectivity index (χ0n) is 10.6. The summed E-state index contributed by atoms with van der Waals surface area (Å²) in [5.41, 5.74) is 0.381. The number of hydrogen-bond donors (Lipinski definition) is 1. The molecule has 0 radical (unpaired) electrons. The largest absolute Gasteiger partial charge is 0.512 e. The number of allylic oxidation sites excluding steroid dienone is 1. The van der Waals surface area contributed by atoms with Crippen LogP contribution in [0.4, 0.5) is 0 Å². The van der Waals surface area contributed by atoms with E-state index in [2.05, 4.69) is 9.73 Å². The number of esters is 1. The maximum absolute atomic E-state index is 11.7. The van der Waals surface area contributed by atoms with Crippen molar-refractivity contribution in [3.63, 3.8) is 0 Å². The van der Waals surface area contributed by atoms with E-state index in [1.54, 1.807) is 0 Å². The van der Waals surface area contributed by atoms with Crippen LogP contribution in [0.1, 0.15) is 19.8 Å². The molecule has 0 amide bonds. The van der Waals surface area contributed by atoms with Gasteiger partial charge in [-0.05, 0) is 13.3 Å². The summed E-state index contributed by atoms with van der Waals surface area (Å²) < 4.78 is 16.0. The average Bonchev–Trinajstić information content (AvgIpc) is 2.73. The SMILES string of the molecule is COC(=O)/C(C1=NCCC12OCCCO2)=C(\C)O. The molecule has 2 heterocycles. The van der Waals surface area contributed by atoms with Gasteiger partial charge in [-0.25, -0.2) is 4.79 Å². The molecule has 1 saturated heterocycles. The van der Waals surface area contributed by atoms with Crippen LogP contribution in [0.25, 0.3) is 0 Å². The normalized spacial score (nSPS) is 23.6. The minimum absolute atomic E-state index is 0.0388. The van der Waals surface area contributed by atoms with Gasteiger partial charge in [0, 0.05) is 13.0 Å². The average molecular weight is 255 g/mol. The number of methoxy groups -OCH3 is 1. The zero-order valence-corrected chi connectivity index (χ0v) is 10.6. The lowest BCUT2D eigenvalue weighted by Crippen LogP contribution is -2.47. The Morgan fingerprint density at radius 1 is 1.44 bits per heavy atom. The van der Waals surface area contributed by atoms with Crippen molar-refractivity contribution in [2.45, 2.75) is 25.6 Å². The summed E-state index contributed by atoms with van der Waals surface area (Å²) in [6, 6.07) is 0. The van der Waals surface area contributed by atoms with E-state index in [0.29, 0.717) is 31.9 Å². The summed E-state index contributed by atoms with van der Waals surface area (Å²) in [5.74, 6) is -1.77. The van der Waals surface area contributed by atoms with Crippen molar-refractivity contribution in [2.75, 3.05) is 26.9 Å². The highest BCUT2D eigenvalue weighted by Crippen LogP contribution is 2.33. The maximum Gasteiger partial charge on any atom is 0.343 e. The Morgan fingerprint density at radius 2 is 2.11 bits per heavy atom. The van der Waals surface area contributed by atoms with Gasteiger partial charge in [-0.1, -0.05) is 0 Å². The van der Waals surface area contributed by atoms with Crippen LogP contribution >= 0.6 is 0 Å². The molecule has 18 heavy (non-hydrogen) atoms. The Morgan fingerprint density at radius 3 is 2.67 bits per heavy atom. The number of aliphatic hydroxyl groups excluding tert-OH is 1. The number of aliphatic hydroxyl groups is 1. The van der Waals surface area contributed by atoms with Crippen LogP contribution in [0.2, 0.25) is 0 Å². The molecular formula is C12H17NO5. The van der Waals surface area contributed by atoms with E-state index in [0.717, 1.165) is 6.42 Å². The molecule has 0 bridgehead atoms. The lowest BCUT2D eigenvalue weighted by molar-refractivity contribution is -0.219. The highest BCUT2D eigenvalue weighted by molar-refractivity contribution is 6.23. The predicted molar refractivity (Wildman–Crippen MR) is 63.5 cm³/mol. The molecule has 0 aromatic rings. The molecule has 1 spiro atoms. The second-order valence-corrected chi connectivity index (χ2v) is 4.24. The number of ether oxygens (including phenoxy) is 3. The van der Waals surface area contributed by atoms with E-state index >= 15 is 0 Å². The summed E-state index contributed by atoms with van der Waals surface area (Å²) in [6.45, 7) is 3.03. The van der Waals surface area contributed by atoms with Gasteiger partial charge in [0.15, 0.2) is 0 Å². The Bertz CT molecular complexity index is 403. The minimum atomic E-state index is -0.994. The fourth-order valence-corrected chi connectivity index (χ4v) is 2.20. The van der Waals surface area contributed by atoms with E-state index in [-0.39, 0.29) is 11.3 Å².